The van der Waals surface area contributed by atoms with Crippen molar-refractivity contribution in [2.45, 2.75) is 10.9 Å². The van der Waals surface area contributed by atoms with Gasteiger partial charge in [-0.05, 0) is 29.8 Å². The van der Waals surface area contributed by atoms with E-state index in [1.165, 1.54) is 0 Å². The summed E-state index contributed by atoms with van der Waals surface area (Å²) in [5.74, 6) is 2.33. The Morgan fingerprint density at radius 3 is 2.67 bits per heavy atom. The summed E-state index contributed by atoms with van der Waals surface area (Å²) in [6.45, 7) is 0. The summed E-state index contributed by atoms with van der Waals surface area (Å²) in [4.78, 5) is 0. The first-order chi connectivity index (χ1) is 11.6. The number of thioether (sulfide) groups is 1. The van der Waals surface area contributed by atoms with E-state index < -0.39 is 0 Å². The van der Waals surface area contributed by atoms with E-state index in [4.69, 9.17) is 27.9 Å². The maximum atomic E-state index is 6.05. The zero-order valence-electron chi connectivity index (χ0n) is 13.2. The monoisotopic (exact) mass is 379 g/mol. The van der Waals surface area contributed by atoms with Gasteiger partial charge in [-0.2, -0.15) is 0 Å². The van der Waals surface area contributed by atoms with Crippen molar-refractivity contribution in [3.63, 3.8) is 0 Å². The number of ether oxygens (including phenoxy) is 1. The van der Waals surface area contributed by atoms with Gasteiger partial charge in [-0.15, -0.1) is 10.2 Å². The summed E-state index contributed by atoms with van der Waals surface area (Å²) < 4.78 is 7.23. The van der Waals surface area contributed by atoms with Crippen LogP contribution in [0.15, 0.2) is 47.6 Å². The third kappa shape index (κ3) is 3.69. The number of nitrogens with zero attached hydrogens (tertiary/aromatic N) is 3. The quantitative estimate of drug-likeness (QED) is 0.578. The number of hydrogen-bond donors (Lipinski definition) is 0. The van der Waals surface area contributed by atoms with Gasteiger partial charge in [0.25, 0.3) is 0 Å². The second-order valence-corrected chi connectivity index (χ2v) is 6.89. The Balaban J connectivity index is 1.78. The molecule has 4 nitrogen and oxygen atoms in total. The van der Waals surface area contributed by atoms with Crippen LogP contribution in [0.5, 0.6) is 5.75 Å². The molecule has 24 heavy (non-hydrogen) atoms. The van der Waals surface area contributed by atoms with Crippen LogP contribution in [0.3, 0.4) is 0 Å². The van der Waals surface area contributed by atoms with Crippen LogP contribution >= 0.6 is 35.0 Å². The van der Waals surface area contributed by atoms with Crippen molar-refractivity contribution >= 4 is 35.0 Å². The van der Waals surface area contributed by atoms with Crippen molar-refractivity contribution in [3.05, 3.63) is 58.1 Å². The van der Waals surface area contributed by atoms with Gasteiger partial charge in [0.2, 0.25) is 0 Å². The molecule has 124 valence electrons. The molecule has 2 aromatic carbocycles. The smallest absolute Gasteiger partial charge is 0.191 e. The van der Waals surface area contributed by atoms with E-state index in [0.29, 0.717) is 10.0 Å². The van der Waals surface area contributed by atoms with Gasteiger partial charge in [0.1, 0.15) is 5.75 Å². The average molecular weight is 380 g/mol. The predicted molar refractivity (Wildman–Crippen MR) is 99.0 cm³/mol. The van der Waals surface area contributed by atoms with Crippen molar-refractivity contribution in [2.24, 2.45) is 7.05 Å². The largest absolute Gasteiger partial charge is 0.497 e. The Hall–Kier alpha value is -1.69. The van der Waals surface area contributed by atoms with Crippen LogP contribution in [0.2, 0.25) is 10.0 Å². The summed E-state index contributed by atoms with van der Waals surface area (Å²) in [7, 11) is 3.60. The predicted octanol–water partition coefficient (Wildman–Crippen LogP) is 5.09. The fourth-order valence-corrected chi connectivity index (χ4v) is 3.41. The molecule has 0 aliphatic carbocycles. The van der Waals surface area contributed by atoms with Gasteiger partial charge in [0, 0.05) is 18.4 Å². The molecule has 0 N–H and O–H groups in total. The zero-order chi connectivity index (χ0) is 17.1. The molecule has 0 amide bonds. The SMILES string of the molecule is COc1cccc(-c2nnc(SCc3ccc(Cl)c(Cl)c3)n2C)c1. The number of methoxy groups -OCH3 is 1. The fraction of sp³-hybridized carbons (Fsp3) is 0.176. The molecule has 0 aliphatic rings. The molecule has 7 heteroatoms. The van der Waals surface area contributed by atoms with E-state index in [1.807, 2.05) is 48.0 Å². The minimum Gasteiger partial charge on any atom is -0.497 e. The first kappa shape index (κ1) is 17.1. The first-order valence-electron chi connectivity index (χ1n) is 7.19. The Bertz CT molecular complexity index is 867. The molecule has 0 saturated carbocycles. The second kappa shape index (κ2) is 7.47. The minimum absolute atomic E-state index is 0.560. The molecule has 0 saturated heterocycles. The third-order valence-electron chi connectivity index (χ3n) is 3.51. The van der Waals surface area contributed by atoms with Crippen LogP contribution < -0.4 is 4.74 Å². The van der Waals surface area contributed by atoms with E-state index >= 15 is 0 Å². The Morgan fingerprint density at radius 1 is 1.08 bits per heavy atom. The van der Waals surface area contributed by atoms with E-state index in [-0.39, 0.29) is 0 Å². The molecule has 1 aromatic heterocycles. The van der Waals surface area contributed by atoms with Gasteiger partial charge in [0.15, 0.2) is 11.0 Å². The maximum absolute atomic E-state index is 6.05. The zero-order valence-corrected chi connectivity index (χ0v) is 15.5. The number of rotatable bonds is 5. The maximum Gasteiger partial charge on any atom is 0.191 e. The fourth-order valence-electron chi connectivity index (χ4n) is 2.23. The van der Waals surface area contributed by atoms with Gasteiger partial charge >= 0.3 is 0 Å². The molecular formula is C17H15Cl2N3OS. The lowest BCUT2D eigenvalue weighted by Crippen LogP contribution is -1.95. The molecule has 0 aliphatic heterocycles. The molecule has 0 unspecified atom stereocenters. The van der Waals surface area contributed by atoms with Gasteiger partial charge in [-0.25, -0.2) is 0 Å². The van der Waals surface area contributed by atoms with E-state index in [0.717, 1.165) is 33.6 Å². The molecule has 3 rings (SSSR count). The van der Waals surface area contributed by atoms with Crippen molar-refractivity contribution in [1.82, 2.24) is 14.8 Å². The molecule has 1 heterocycles. The highest BCUT2D eigenvalue weighted by atomic mass is 35.5. The normalized spacial score (nSPS) is 10.8. The molecule has 0 radical (unpaired) electrons. The number of hydrogen-bond acceptors (Lipinski definition) is 4. The number of halogens is 2. The lowest BCUT2D eigenvalue weighted by Gasteiger charge is -2.06. The summed E-state index contributed by atoms with van der Waals surface area (Å²) >= 11 is 13.6. The first-order valence-corrected chi connectivity index (χ1v) is 8.93. The average Bonchev–Trinajstić information content (AvgIpc) is 2.97. The van der Waals surface area contributed by atoms with Gasteiger partial charge < -0.3 is 9.30 Å². The van der Waals surface area contributed by atoms with Crippen LogP contribution in [0.25, 0.3) is 11.4 Å². The molecular weight excluding hydrogens is 365 g/mol. The Kier molecular flexibility index (Phi) is 5.33. The molecule has 0 atom stereocenters. The third-order valence-corrected chi connectivity index (χ3v) is 5.35. The standard InChI is InChI=1S/C17H15Cl2N3OS/c1-22-16(12-4-3-5-13(9-12)23-2)20-21-17(22)24-10-11-6-7-14(18)15(19)8-11/h3-9H,10H2,1-2H3. The van der Waals surface area contributed by atoms with Crippen LogP contribution in [0.4, 0.5) is 0 Å². The molecule has 3 aromatic rings. The van der Waals surface area contributed by atoms with Crippen LogP contribution in [0, 0.1) is 0 Å². The lowest BCUT2D eigenvalue weighted by molar-refractivity contribution is 0.415. The van der Waals surface area contributed by atoms with Crippen LogP contribution in [0.1, 0.15) is 5.56 Å². The van der Waals surface area contributed by atoms with Gasteiger partial charge in [-0.3, -0.25) is 0 Å². The number of aromatic nitrogens is 3. The van der Waals surface area contributed by atoms with Crippen LogP contribution in [-0.4, -0.2) is 21.9 Å². The topological polar surface area (TPSA) is 39.9 Å². The van der Waals surface area contributed by atoms with Crippen molar-refractivity contribution in [1.29, 1.82) is 0 Å². The lowest BCUT2D eigenvalue weighted by atomic mass is 10.2. The minimum atomic E-state index is 0.560. The summed E-state index contributed by atoms with van der Waals surface area (Å²) in [6.07, 6.45) is 0. The molecule has 0 bridgehead atoms. The van der Waals surface area contributed by atoms with E-state index in [2.05, 4.69) is 10.2 Å². The van der Waals surface area contributed by atoms with Gasteiger partial charge in [0.05, 0.1) is 17.2 Å². The Labute approximate surface area is 154 Å². The summed E-state index contributed by atoms with van der Waals surface area (Å²) in [5.41, 5.74) is 2.05. The highest BCUT2D eigenvalue weighted by molar-refractivity contribution is 7.98. The van der Waals surface area contributed by atoms with Gasteiger partial charge in [-0.1, -0.05) is 53.2 Å². The van der Waals surface area contributed by atoms with Crippen molar-refractivity contribution in [2.75, 3.05) is 7.11 Å². The molecule has 0 fully saturated rings. The van der Waals surface area contributed by atoms with Crippen LogP contribution in [-0.2, 0) is 12.8 Å². The second-order valence-electron chi connectivity index (χ2n) is 5.13. The van der Waals surface area contributed by atoms with Crippen molar-refractivity contribution < 1.29 is 4.74 Å². The van der Waals surface area contributed by atoms with E-state index in [1.54, 1.807) is 24.9 Å². The van der Waals surface area contributed by atoms with Crippen molar-refractivity contribution in [3.8, 4) is 17.1 Å². The molecule has 0 spiro atoms. The number of benzene rings is 2. The highest BCUT2D eigenvalue weighted by Crippen LogP contribution is 2.29. The highest BCUT2D eigenvalue weighted by Gasteiger charge is 2.12. The van der Waals surface area contributed by atoms with E-state index in [9.17, 15) is 0 Å². The summed E-state index contributed by atoms with van der Waals surface area (Å²) in [6, 6.07) is 13.4. The summed E-state index contributed by atoms with van der Waals surface area (Å²) in [5, 5.41) is 10.5. The Morgan fingerprint density at radius 2 is 1.92 bits per heavy atom.